The van der Waals surface area contributed by atoms with E-state index >= 15 is 0 Å². The third kappa shape index (κ3) is 3.34. The number of carboxylic acid groups (broad SMARTS) is 2. The number of fused-ring (bicyclic) bond motifs is 2. The number of carboxylic acids is 2. The molecule has 3 N–H and O–H groups in total. The molecule has 0 saturated carbocycles. The Morgan fingerprint density at radius 1 is 1.16 bits per heavy atom. The normalized spacial score (nSPS) is 28.1. The number of hydrogen-bond donors (Lipinski definition) is 3. The summed E-state index contributed by atoms with van der Waals surface area (Å²) in [5.41, 5.74) is 0. The Labute approximate surface area is 109 Å². The van der Waals surface area contributed by atoms with Gasteiger partial charge in [0.05, 0.1) is 18.2 Å². The Morgan fingerprint density at radius 3 is 2.21 bits per heavy atom. The highest BCUT2D eigenvalue weighted by molar-refractivity contribution is 5.84. The zero-order chi connectivity index (χ0) is 14.0. The van der Waals surface area contributed by atoms with Crippen molar-refractivity contribution in [1.82, 2.24) is 10.2 Å². The summed E-state index contributed by atoms with van der Waals surface area (Å²) >= 11 is 0. The van der Waals surface area contributed by atoms with Gasteiger partial charge in [0.2, 0.25) is 0 Å². The Morgan fingerprint density at radius 2 is 1.79 bits per heavy atom. The maximum atomic E-state index is 11.9. The number of nitrogens with zero attached hydrogens (tertiary/aromatic N) is 1. The van der Waals surface area contributed by atoms with Crippen LogP contribution in [0.1, 0.15) is 19.3 Å². The quantitative estimate of drug-likeness (QED) is 0.620. The minimum atomic E-state index is -1.25. The Bertz CT molecular complexity index is 383. The molecule has 19 heavy (non-hydrogen) atoms. The third-order valence-corrected chi connectivity index (χ3v) is 3.35. The van der Waals surface area contributed by atoms with Crippen LogP contribution in [0.15, 0.2) is 0 Å². The molecular formula is C11H16N2O6. The molecule has 2 bridgehead atoms. The predicted octanol–water partition coefficient (Wildman–Crippen LogP) is -0.513. The van der Waals surface area contributed by atoms with Crippen LogP contribution in [-0.2, 0) is 14.3 Å². The van der Waals surface area contributed by atoms with Crippen LogP contribution in [0.4, 0.5) is 4.79 Å². The molecule has 2 fully saturated rings. The highest BCUT2D eigenvalue weighted by Crippen LogP contribution is 2.34. The number of nitrogens with one attached hydrogen (secondary N) is 1. The fraction of sp³-hybridized carbons (Fsp3) is 0.727. The van der Waals surface area contributed by atoms with E-state index in [4.69, 9.17) is 14.9 Å². The van der Waals surface area contributed by atoms with Gasteiger partial charge in [0.1, 0.15) is 13.1 Å². The van der Waals surface area contributed by atoms with Gasteiger partial charge >= 0.3 is 18.0 Å². The molecule has 2 aliphatic rings. The number of amides is 2. The van der Waals surface area contributed by atoms with E-state index in [0.29, 0.717) is 6.42 Å². The monoisotopic (exact) mass is 272 g/mol. The molecule has 2 aliphatic heterocycles. The van der Waals surface area contributed by atoms with E-state index in [1.807, 2.05) is 0 Å². The SMILES string of the molecule is O=C(O)CN(CC(=O)O)C(=O)NC1CC2CCC1O2. The van der Waals surface area contributed by atoms with Gasteiger partial charge in [0.15, 0.2) is 0 Å². The van der Waals surface area contributed by atoms with Gasteiger partial charge in [-0.1, -0.05) is 0 Å². The van der Waals surface area contributed by atoms with Crippen LogP contribution in [0, 0.1) is 0 Å². The number of urea groups is 1. The van der Waals surface area contributed by atoms with Crippen molar-refractivity contribution < 1.29 is 29.3 Å². The first-order chi connectivity index (χ1) is 8.95. The highest BCUT2D eigenvalue weighted by atomic mass is 16.5. The molecule has 0 radical (unpaired) electrons. The van der Waals surface area contributed by atoms with Crippen molar-refractivity contribution in [3.05, 3.63) is 0 Å². The summed E-state index contributed by atoms with van der Waals surface area (Å²) in [5.74, 6) is -2.50. The average molecular weight is 272 g/mol. The molecule has 2 heterocycles. The predicted molar refractivity (Wildman–Crippen MR) is 61.7 cm³/mol. The van der Waals surface area contributed by atoms with Gasteiger partial charge in [0, 0.05) is 0 Å². The number of hydrogen-bond acceptors (Lipinski definition) is 4. The van der Waals surface area contributed by atoms with E-state index in [2.05, 4.69) is 5.32 Å². The van der Waals surface area contributed by atoms with E-state index in [0.717, 1.165) is 17.7 Å². The Kier molecular flexibility index (Phi) is 3.89. The van der Waals surface area contributed by atoms with Crippen molar-refractivity contribution in [2.75, 3.05) is 13.1 Å². The molecule has 3 atom stereocenters. The number of rotatable bonds is 5. The van der Waals surface area contributed by atoms with Crippen molar-refractivity contribution >= 4 is 18.0 Å². The van der Waals surface area contributed by atoms with E-state index in [1.165, 1.54) is 0 Å². The van der Waals surface area contributed by atoms with Crippen LogP contribution in [0.25, 0.3) is 0 Å². The lowest BCUT2D eigenvalue weighted by Crippen LogP contribution is -2.50. The van der Waals surface area contributed by atoms with Gasteiger partial charge < -0.3 is 25.2 Å². The minimum Gasteiger partial charge on any atom is -0.480 e. The first-order valence-corrected chi connectivity index (χ1v) is 6.10. The van der Waals surface area contributed by atoms with Gasteiger partial charge in [-0.05, 0) is 19.3 Å². The maximum absolute atomic E-state index is 11.9. The zero-order valence-corrected chi connectivity index (χ0v) is 10.2. The molecule has 2 saturated heterocycles. The van der Waals surface area contributed by atoms with Crippen LogP contribution in [0.2, 0.25) is 0 Å². The summed E-state index contributed by atoms with van der Waals surface area (Å²) in [5, 5.41) is 20.0. The van der Waals surface area contributed by atoms with Crippen LogP contribution < -0.4 is 5.32 Å². The van der Waals surface area contributed by atoms with Crippen LogP contribution in [0.5, 0.6) is 0 Å². The lowest BCUT2D eigenvalue weighted by Gasteiger charge is -2.25. The molecule has 3 unspecified atom stereocenters. The van der Waals surface area contributed by atoms with E-state index < -0.39 is 31.1 Å². The second-order valence-electron chi connectivity index (χ2n) is 4.81. The molecule has 0 aromatic rings. The second kappa shape index (κ2) is 5.43. The summed E-state index contributed by atoms with van der Waals surface area (Å²) in [4.78, 5) is 33.9. The van der Waals surface area contributed by atoms with Crippen molar-refractivity contribution in [2.24, 2.45) is 0 Å². The maximum Gasteiger partial charge on any atom is 0.323 e. The molecule has 0 aliphatic carbocycles. The summed E-state index contributed by atoms with van der Waals surface area (Å²) in [6.07, 6.45) is 2.66. The number of carbonyl (C=O) groups is 3. The summed E-state index contributed by atoms with van der Waals surface area (Å²) in [7, 11) is 0. The molecule has 2 rings (SSSR count). The molecule has 0 aromatic carbocycles. The number of carbonyl (C=O) groups excluding carboxylic acids is 1. The first-order valence-electron chi connectivity index (χ1n) is 6.10. The van der Waals surface area contributed by atoms with E-state index in [9.17, 15) is 14.4 Å². The molecule has 0 spiro atoms. The van der Waals surface area contributed by atoms with Gasteiger partial charge in [-0.2, -0.15) is 0 Å². The lowest BCUT2D eigenvalue weighted by molar-refractivity contribution is -0.140. The standard InChI is InChI=1S/C11H16N2O6/c14-9(15)4-13(5-10(16)17)11(18)12-7-3-6-1-2-8(7)19-6/h6-8H,1-5H2,(H,12,18)(H,14,15)(H,16,17). The van der Waals surface area contributed by atoms with Gasteiger partial charge in [-0.3, -0.25) is 9.59 Å². The van der Waals surface area contributed by atoms with E-state index in [1.54, 1.807) is 0 Å². The van der Waals surface area contributed by atoms with Crippen molar-refractivity contribution in [1.29, 1.82) is 0 Å². The van der Waals surface area contributed by atoms with Crippen molar-refractivity contribution in [3.63, 3.8) is 0 Å². The zero-order valence-electron chi connectivity index (χ0n) is 10.2. The van der Waals surface area contributed by atoms with E-state index in [-0.39, 0.29) is 18.2 Å². The Hall–Kier alpha value is -1.83. The molecular weight excluding hydrogens is 256 g/mol. The Balaban J connectivity index is 1.91. The largest absolute Gasteiger partial charge is 0.480 e. The highest BCUT2D eigenvalue weighted by Gasteiger charge is 2.42. The van der Waals surface area contributed by atoms with Gasteiger partial charge in [-0.25, -0.2) is 4.79 Å². The average Bonchev–Trinajstić information content (AvgIpc) is 2.88. The van der Waals surface area contributed by atoms with Gasteiger partial charge in [-0.15, -0.1) is 0 Å². The molecule has 2 amide bonds. The molecule has 8 nitrogen and oxygen atoms in total. The van der Waals surface area contributed by atoms with Gasteiger partial charge in [0.25, 0.3) is 0 Å². The summed E-state index contributed by atoms with van der Waals surface area (Å²) in [6.45, 7) is -1.28. The molecule has 0 aromatic heterocycles. The van der Waals surface area contributed by atoms with Crippen LogP contribution in [0.3, 0.4) is 0 Å². The fourth-order valence-electron chi connectivity index (χ4n) is 2.57. The minimum absolute atomic E-state index is 0.0366. The molecule has 8 heteroatoms. The third-order valence-electron chi connectivity index (χ3n) is 3.35. The fourth-order valence-corrected chi connectivity index (χ4v) is 2.57. The number of ether oxygens (including phenoxy) is 1. The topological polar surface area (TPSA) is 116 Å². The first kappa shape index (κ1) is 13.6. The lowest BCUT2D eigenvalue weighted by atomic mass is 9.96. The van der Waals surface area contributed by atoms with Crippen LogP contribution >= 0.6 is 0 Å². The summed E-state index contributed by atoms with van der Waals surface area (Å²) in [6, 6.07) is -0.831. The molecule has 106 valence electrons. The second-order valence-corrected chi connectivity index (χ2v) is 4.81. The number of aliphatic carboxylic acids is 2. The smallest absolute Gasteiger partial charge is 0.323 e. The van der Waals surface area contributed by atoms with Crippen molar-refractivity contribution in [3.8, 4) is 0 Å². The van der Waals surface area contributed by atoms with Crippen molar-refractivity contribution in [2.45, 2.75) is 37.5 Å². The van der Waals surface area contributed by atoms with Crippen LogP contribution in [-0.4, -0.2) is 64.4 Å². The summed E-state index contributed by atoms with van der Waals surface area (Å²) < 4.78 is 5.56.